The molecule has 3 rings (SSSR count). The number of aromatic nitrogens is 1. The van der Waals surface area contributed by atoms with Crippen LogP contribution in [-0.4, -0.2) is 30.0 Å². The van der Waals surface area contributed by atoms with Crippen molar-refractivity contribution < 1.29 is 4.79 Å². The molecule has 1 aliphatic heterocycles. The second-order valence-electron chi connectivity index (χ2n) is 5.55. The Morgan fingerprint density at radius 3 is 2.75 bits per heavy atom. The van der Waals surface area contributed by atoms with Crippen LogP contribution in [-0.2, 0) is 4.79 Å². The third-order valence-corrected chi connectivity index (χ3v) is 4.05. The highest BCUT2D eigenvalue weighted by Gasteiger charge is 2.31. The summed E-state index contributed by atoms with van der Waals surface area (Å²) in [5, 5.41) is 12.3. The smallest absolute Gasteiger partial charge is 0.223 e. The quantitative estimate of drug-likeness (QED) is 0.902. The van der Waals surface area contributed by atoms with Crippen molar-refractivity contribution in [3.05, 3.63) is 24.0 Å². The van der Waals surface area contributed by atoms with Crippen molar-refractivity contribution in [1.82, 2.24) is 10.3 Å². The molecule has 1 amide bonds. The van der Waals surface area contributed by atoms with E-state index in [-0.39, 0.29) is 17.9 Å². The maximum absolute atomic E-state index is 11.7. The Balaban J connectivity index is 1.58. The standard InChI is InChI=1S/C15H18N4O/c16-9-12-3-6-17-10-14(12)19-7-4-13(5-8-19)18-15(20)11-1-2-11/h3,6,10-11,13H,1-2,4-5,7-8H2,(H,18,20). The Kier molecular flexibility index (Phi) is 3.55. The van der Waals surface area contributed by atoms with Crippen LogP contribution in [0.5, 0.6) is 0 Å². The molecule has 1 aromatic rings. The Hall–Kier alpha value is -2.09. The summed E-state index contributed by atoms with van der Waals surface area (Å²) >= 11 is 0. The molecule has 0 aromatic carbocycles. The van der Waals surface area contributed by atoms with Gasteiger partial charge in [0.2, 0.25) is 5.91 Å². The highest BCUT2D eigenvalue weighted by Crippen LogP contribution is 2.29. The topological polar surface area (TPSA) is 69.0 Å². The van der Waals surface area contributed by atoms with Gasteiger partial charge in [0.05, 0.1) is 17.4 Å². The lowest BCUT2D eigenvalue weighted by molar-refractivity contribution is -0.123. The zero-order valence-electron chi connectivity index (χ0n) is 11.4. The van der Waals surface area contributed by atoms with Gasteiger partial charge in [0.25, 0.3) is 0 Å². The first-order valence-electron chi connectivity index (χ1n) is 7.17. The van der Waals surface area contributed by atoms with Gasteiger partial charge in [-0.15, -0.1) is 0 Å². The number of anilines is 1. The minimum absolute atomic E-state index is 0.225. The van der Waals surface area contributed by atoms with Crippen molar-refractivity contribution >= 4 is 11.6 Å². The van der Waals surface area contributed by atoms with E-state index in [2.05, 4.69) is 21.3 Å². The molecule has 1 saturated heterocycles. The van der Waals surface area contributed by atoms with E-state index in [0.29, 0.717) is 5.56 Å². The molecule has 20 heavy (non-hydrogen) atoms. The average Bonchev–Trinajstić information content (AvgIpc) is 3.33. The van der Waals surface area contributed by atoms with Gasteiger partial charge in [-0.25, -0.2) is 0 Å². The molecule has 1 aliphatic carbocycles. The Bertz CT molecular complexity index is 539. The number of nitrogens with zero attached hydrogens (tertiary/aromatic N) is 3. The summed E-state index contributed by atoms with van der Waals surface area (Å²) in [6, 6.07) is 4.23. The highest BCUT2D eigenvalue weighted by atomic mass is 16.2. The van der Waals surface area contributed by atoms with E-state index in [4.69, 9.17) is 5.26 Å². The molecule has 0 atom stereocenters. The van der Waals surface area contributed by atoms with E-state index in [1.807, 2.05) is 0 Å². The van der Waals surface area contributed by atoms with Gasteiger partial charge in [-0.1, -0.05) is 0 Å². The number of nitriles is 1. The maximum Gasteiger partial charge on any atom is 0.223 e. The summed E-state index contributed by atoms with van der Waals surface area (Å²) in [7, 11) is 0. The van der Waals surface area contributed by atoms with Crippen LogP contribution in [0.15, 0.2) is 18.5 Å². The van der Waals surface area contributed by atoms with E-state index in [0.717, 1.165) is 44.5 Å². The van der Waals surface area contributed by atoms with Crippen LogP contribution >= 0.6 is 0 Å². The predicted molar refractivity (Wildman–Crippen MR) is 75.1 cm³/mol. The molecule has 1 saturated carbocycles. The summed E-state index contributed by atoms with van der Waals surface area (Å²) in [6.45, 7) is 1.71. The minimum Gasteiger partial charge on any atom is -0.369 e. The first-order chi connectivity index (χ1) is 9.78. The summed E-state index contributed by atoms with van der Waals surface area (Å²) < 4.78 is 0. The van der Waals surface area contributed by atoms with Crippen LogP contribution in [0.25, 0.3) is 0 Å². The number of pyridine rings is 1. The second-order valence-corrected chi connectivity index (χ2v) is 5.55. The van der Waals surface area contributed by atoms with Gasteiger partial charge in [-0.3, -0.25) is 9.78 Å². The molecule has 2 heterocycles. The Labute approximate surface area is 118 Å². The molecular formula is C15H18N4O. The number of hydrogen-bond acceptors (Lipinski definition) is 4. The summed E-state index contributed by atoms with van der Waals surface area (Å²) in [5.74, 6) is 0.499. The summed E-state index contributed by atoms with van der Waals surface area (Å²) in [4.78, 5) is 18.0. The number of hydrogen-bond donors (Lipinski definition) is 1. The third-order valence-electron chi connectivity index (χ3n) is 4.05. The van der Waals surface area contributed by atoms with Crippen LogP contribution in [0.1, 0.15) is 31.2 Å². The number of piperidine rings is 1. The first kappa shape index (κ1) is 12.9. The SMILES string of the molecule is N#Cc1ccncc1N1CCC(NC(=O)C2CC2)CC1. The minimum atomic E-state index is 0.225. The molecule has 1 aromatic heterocycles. The fourth-order valence-corrected chi connectivity index (χ4v) is 2.66. The zero-order valence-corrected chi connectivity index (χ0v) is 11.4. The monoisotopic (exact) mass is 270 g/mol. The first-order valence-corrected chi connectivity index (χ1v) is 7.17. The van der Waals surface area contributed by atoms with Crippen molar-refractivity contribution in [2.45, 2.75) is 31.7 Å². The number of nitrogens with one attached hydrogen (secondary N) is 1. The number of carbonyl (C=O) groups excluding carboxylic acids is 1. The van der Waals surface area contributed by atoms with Gasteiger partial charge in [-0.2, -0.15) is 5.26 Å². The summed E-state index contributed by atoms with van der Waals surface area (Å²) in [5.41, 5.74) is 1.57. The fourth-order valence-electron chi connectivity index (χ4n) is 2.66. The van der Waals surface area contributed by atoms with Crippen molar-refractivity contribution in [1.29, 1.82) is 5.26 Å². The molecule has 0 spiro atoms. The lowest BCUT2D eigenvalue weighted by atomic mass is 10.0. The molecule has 104 valence electrons. The van der Waals surface area contributed by atoms with Crippen molar-refractivity contribution in [3.8, 4) is 6.07 Å². The molecule has 0 bridgehead atoms. The van der Waals surface area contributed by atoms with Crippen molar-refractivity contribution in [3.63, 3.8) is 0 Å². The van der Waals surface area contributed by atoms with Gasteiger partial charge in [0.15, 0.2) is 0 Å². The molecule has 0 radical (unpaired) electrons. The van der Waals surface area contributed by atoms with Gasteiger partial charge >= 0.3 is 0 Å². The predicted octanol–water partition coefficient (Wildman–Crippen LogP) is 1.45. The van der Waals surface area contributed by atoms with Crippen LogP contribution in [0.4, 0.5) is 5.69 Å². The highest BCUT2D eigenvalue weighted by molar-refractivity contribution is 5.81. The molecular weight excluding hydrogens is 252 g/mol. The maximum atomic E-state index is 11.7. The third kappa shape index (κ3) is 2.74. The fraction of sp³-hybridized carbons (Fsp3) is 0.533. The zero-order chi connectivity index (χ0) is 13.9. The van der Waals surface area contributed by atoms with E-state index < -0.39 is 0 Å². The number of rotatable bonds is 3. The van der Waals surface area contributed by atoms with Gasteiger partial charge in [-0.05, 0) is 31.7 Å². The van der Waals surface area contributed by atoms with Crippen LogP contribution < -0.4 is 10.2 Å². The van der Waals surface area contributed by atoms with E-state index in [1.54, 1.807) is 18.5 Å². The Morgan fingerprint density at radius 1 is 1.35 bits per heavy atom. The lowest BCUT2D eigenvalue weighted by Gasteiger charge is -2.34. The molecule has 2 fully saturated rings. The average molecular weight is 270 g/mol. The largest absolute Gasteiger partial charge is 0.369 e. The van der Waals surface area contributed by atoms with Gasteiger partial charge < -0.3 is 10.2 Å². The van der Waals surface area contributed by atoms with Crippen molar-refractivity contribution in [2.24, 2.45) is 5.92 Å². The normalized spacial score (nSPS) is 19.4. The van der Waals surface area contributed by atoms with E-state index in [9.17, 15) is 4.79 Å². The van der Waals surface area contributed by atoms with Crippen LogP contribution in [0.2, 0.25) is 0 Å². The van der Waals surface area contributed by atoms with E-state index >= 15 is 0 Å². The molecule has 0 unspecified atom stereocenters. The van der Waals surface area contributed by atoms with Crippen molar-refractivity contribution in [2.75, 3.05) is 18.0 Å². The van der Waals surface area contributed by atoms with Crippen LogP contribution in [0.3, 0.4) is 0 Å². The van der Waals surface area contributed by atoms with Crippen LogP contribution in [0, 0.1) is 17.2 Å². The molecule has 2 aliphatic rings. The molecule has 1 N–H and O–H groups in total. The summed E-state index contributed by atoms with van der Waals surface area (Å²) in [6.07, 6.45) is 7.35. The van der Waals surface area contributed by atoms with Gasteiger partial charge in [0, 0.05) is 31.2 Å². The Morgan fingerprint density at radius 2 is 2.10 bits per heavy atom. The van der Waals surface area contributed by atoms with E-state index in [1.165, 1.54) is 0 Å². The number of carbonyl (C=O) groups is 1. The lowest BCUT2D eigenvalue weighted by Crippen LogP contribution is -2.45. The molecule has 5 nitrogen and oxygen atoms in total. The van der Waals surface area contributed by atoms with Gasteiger partial charge in [0.1, 0.15) is 6.07 Å². The number of amides is 1. The second kappa shape index (κ2) is 5.49. The molecule has 5 heteroatoms.